The number of rotatable bonds is 6. The summed E-state index contributed by atoms with van der Waals surface area (Å²) in [6.45, 7) is 8.01. The van der Waals surface area contributed by atoms with E-state index in [4.69, 9.17) is 0 Å². The molecule has 2 atom stereocenters. The number of carbonyl (C=O) groups excluding carboxylic acids is 1. The van der Waals surface area contributed by atoms with Crippen molar-refractivity contribution in [3.63, 3.8) is 0 Å². The van der Waals surface area contributed by atoms with Crippen LogP contribution >= 0.6 is 0 Å². The van der Waals surface area contributed by atoms with Gasteiger partial charge in [-0.3, -0.25) is 4.79 Å². The van der Waals surface area contributed by atoms with Crippen molar-refractivity contribution in [1.29, 1.82) is 0 Å². The largest absolute Gasteiger partial charge is 0.343 e. The monoisotopic (exact) mass is 259 g/mol. The molecule has 1 aliphatic rings. The van der Waals surface area contributed by atoms with E-state index >= 15 is 0 Å². The van der Waals surface area contributed by atoms with Crippen LogP contribution in [0.2, 0.25) is 0 Å². The SMILES string of the molecule is CCCCN(CC1CC1(C)c1ccccc1)C(C)=O. The van der Waals surface area contributed by atoms with Gasteiger partial charge in [0.25, 0.3) is 0 Å². The van der Waals surface area contributed by atoms with E-state index in [1.165, 1.54) is 12.0 Å². The zero-order valence-corrected chi connectivity index (χ0v) is 12.4. The molecule has 2 unspecified atom stereocenters. The first-order chi connectivity index (χ1) is 9.08. The van der Waals surface area contributed by atoms with Crippen molar-refractivity contribution in [2.45, 2.75) is 45.4 Å². The zero-order chi connectivity index (χ0) is 13.9. The lowest BCUT2D eigenvalue weighted by Gasteiger charge is -2.22. The molecule has 2 rings (SSSR count). The van der Waals surface area contributed by atoms with Crippen molar-refractivity contribution in [2.24, 2.45) is 5.92 Å². The van der Waals surface area contributed by atoms with Crippen molar-refractivity contribution < 1.29 is 4.79 Å². The average molecular weight is 259 g/mol. The summed E-state index contributed by atoms with van der Waals surface area (Å²) in [6, 6.07) is 10.7. The summed E-state index contributed by atoms with van der Waals surface area (Å²) in [7, 11) is 0. The highest BCUT2D eigenvalue weighted by molar-refractivity contribution is 5.73. The minimum absolute atomic E-state index is 0.218. The van der Waals surface area contributed by atoms with Gasteiger partial charge in [-0.05, 0) is 29.7 Å². The van der Waals surface area contributed by atoms with Crippen LogP contribution in [0.1, 0.15) is 45.6 Å². The van der Waals surface area contributed by atoms with Crippen molar-refractivity contribution in [3.05, 3.63) is 35.9 Å². The van der Waals surface area contributed by atoms with Crippen LogP contribution < -0.4 is 0 Å². The van der Waals surface area contributed by atoms with Crippen molar-refractivity contribution >= 4 is 5.91 Å². The van der Waals surface area contributed by atoms with E-state index in [9.17, 15) is 4.79 Å². The molecule has 0 spiro atoms. The Balaban J connectivity index is 1.96. The van der Waals surface area contributed by atoms with Crippen LogP contribution in [0.25, 0.3) is 0 Å². The summed E-state index contributed by atoms with van der Waals surface area (Å²) in [5.41, 5.74) is 1.69. The van der Waals surface area contributed by atoms with Gasteiger partial charge in [-0.1, -0.05) is 50.6 Å². The standard InChI is InChI=1S/C17H25NO/c1-4-5-11-18(14(2)19)13-16-12-17(16,3)15-9-7-6-8-10-15/h6-10,16H,4-5,11-13H2,1-3H3. The van der Waals surface area contributed by atoms with E-state index in [-0.39, 0.29) is 11.3 Å². The first-order valence-electron chi connectivity index (χ1n) is 7.39. The third-order valence-electron chi connectivity index (χ3n) is 4.51. The Morgan fingerprint density at radius 2 is 2.05 bits per heavy atom. The highest BCUT2D eigenvalue weighted by Gasteiger charge is 2.51. The summed E-state index contributed by atoms with van der Waals surface area (Å²) < 4.78 is 0. The molecule has 0 aromatic heterocycles. The number of amides is 1. The molecule has 0 N–H and O–H groups in total. The van der Waals surface area contributed by atoms with Gasteiger partial charge in [-0.15, -0.1) is 0 Å². The van der Waals surface area contributed by atoms with Crippen LogP contribution in [0.3, 0.4) is 0 Å². The number of hydrogen-bond donors (Lipinski definition) is 0. The van der Waals surface area contributed by atoms with Crippen LogP contribution in [0.5, 0.6) is 0 Å². The highest BCUT2D eigenvalue weighted by atomic mass is 16.2. The normalized spacial score (nSPS) is 25.1. The maximum absolute atomic E-state index is 11.7. The molecule has 104 valence electrons. The Bertz CT molecular complexity index is 428. The number of carbonyl (C=O) groups is 1. The van der Waals surface area contributed by atoms with Gasteiger partial charge in [-0.2, -0.15) is 0 Å². The van der Waals surface area contributed by atoms with Crippen LogP contribution in [0.4, 0.5) is 0 Å². The minimum Gasteiger partial charge on any atom is -0.343 e. The molecule has 0 heterocycles. The predicted octanol–water partition coefficient (Wildman–Crippen LogP) is 3.61. The van der Waals surface area contributed by atoms with Gasteiger partial charge in [0.05, 0.1) is 0 Å². The fourth-order valence-corrected chi connectivity index (χ4v) is 2.88. The van der Waals surface area contributed by atoms with Crippen LogP contribution in [0, 0.1) is 5.92 Å². The molecule has 1 saturated carbocycles. The quantitative estimate of drug-likeness (QED) is 0.764. The molecule has 1 amide bonds. The molecule has 2 heteroatoms. The van der Waals surface area contributed by atoms with Crippen molar-refractivity contribution in [2.75, 3.05) is 13.1 Å². The van der Waals surface area contributed by atoms with Gasteiger partial charge in [0.1, 0.15) is 0 Å². The Kier molecular flexibility index (Phi) is 4.28. The van der Waals surface area contributed by atoms with Crippen LogP contribution in [0.15, 0.2) is 30.3 Å². The molecule has 0 bridgehead atoms. The van der Waals surface area contributed by atoms with Gasteiger partial charge in [0, 0.05) is 20.0 Å². The van der Waals surface area contributed by atoms with E-state index in [1.807, 2.05) is 4.90 Å². The molecule has 2 nitrogen and oxygen atoms in total. The predicted molar refractivity (Wildman–Crippen MR) is 79.1 cm³/mol. The van der Waals surface area contributed by atoms with E-state index in [2.05, 4.69) is 44.2 Å². The second-order valence-corrected chi connectivity index (χ2v) is 6.00. The molecule has 1 aromatic rings. The number of nitrogens with zero attached hydrogens (tertiary/aromatic N) is 1. The van der Waals surface area contributed by atoms with Crippen LogP contribution in [-0.4, -0.2) is 23.9 Å². The van der Waals surface area contributed by atoms with Gasteiger partial charge in [0.15, 0.2) is 0 Å². The number of hydrogen-bond acceptors (Lipinski definition) is 1. The molecular weight excluding hydrogens is 234 g/mol. The smallest absolute Gasteiger partial charge is 0.219 e. The molecule has 1 aliphatic carbocycles. The Labute approximate surface area is 116 Å². The number of unbranched alkanes of at least 4 members (excludes halogenated alkanes) is 1. The minimum atomic E-state index is 0.218. The van der Waals surface area contributed by atoms with E-state index in [0.29, 0.717) is 5.92 Å². The van der Waals surface area contributed by atoms with E-state index in [1.54, 1.807) is 6.92 Å². The third kappa shape index (κ3) is 3.17. The second-order valence-electron chi connectivity index (χ2n) is 6.00. The lowest BCUT2D eigenvalue weighted by atomic mass is 9.95. The Morgan fingerprint density at radius 1 is 1.37 bits per heavy atom. The molecule has 0 saturated heterocycles. The lowest BCUT2D eigenvalue weighted by Crippen LogP contribution is -2.33. The lowest BCUT2D eigenvalue weighted by molar-refractivity contribution is -0.129. The van der Waals surface area contributed by atoms with Crippen molar-refractivity contribution in [1.82, 2.24) is 4.90 Å². The maximum Gasteiger partial charge on any atom is 0.219 e. The van der Waals surface area contributed by atoms with Gasteiger partial charge >= 0.3 is 0 Å². The fourth-order valence-electron chi connectivity index (χ4n) is 2.88. The molecule has 19 heavy (non-hydrogen) atoms. The van der Waals surface area contributed by atoms with Crippen LogP contribution in [-0.2, 0) is 10.2 Å². The fraction of sp³-hybridized carbons (Fsp3) is 0.588. The average Bonchev–Trinajstić information content (AvgIpc) is 3.07. The molecule has 0 aliphatic heterocycles. The second kappa shape index (κ2) is 5.77. The third-order valence-corrected chi connectivity index (χ3v) is 4.51. The maximum atomic E-state index is 11.7. The summed E-state index contributed by atoms with van der Waals surface area (Å²) in [4.78, 5) is 13.7. The molecule has 0 radical (unpaired) electrons. The number of benzene rings is 1. The van der Waals surface area contributed by atoms with E-state index in [0.717, 1.165) is 25.9 Å². The Morgan fingerprint density at radius 3 is 2.63 bits per heavy atom. The van der Waals surface area contributed by atoms with E-state index < -0.39 is 0 Å². The highest BCUT2D eigenvalue weighted by Crippen LogP contribution is 2.54. The van der Waals surface area contributed by atoms with Gasteiger partial charge in [0.2, 0.25) is 5.91 Å². The molecular formula is C17H25NO. The van der Waals surface area contributed by atoms with Gasteiger partial charge < -0.3 is 4.90 Å². The topological polar surface area (TPSA) is 20.3 Å². The zero-order valence-electron chi connectivity index (χ0n) is 12.4. The summed E-state index contributed by atoms with van der Waals surface area (Å²) >= 11 is 0. The first kappa shape index (κ1) is 14.1. The molecule has 1 fully saturated rings. The first-order valence-corrected chi connectivity index (χ1v) is 7.39. The summed E-state index contributed by atoms with van der Waals surface area (Å²) in [6.07, 6.45) is 3.45. The van der Waals surface area contributed by atoms with Crippen molar-refractivity contribution in [3.8, 4) is 0 Å². The summed E-state index contributed by atoms with van der Waals surface area (Å²) in [5, 5.41) is 0. The Hall–Kier alpha value is -1.31. The molecule has 1 aromatic carbocycles. The summed E-state index contributed by atoms with van der Waals surface area (Å²) in [5.74, 6) is 0.839. The van der Waals surface area contributed by atoms with Gasteiger partial charge in [-0.25, -0.2) is 0 Å².